The number of rotatable bonds is 23. The van der Waals surface area contributed by atoms with Crippen LogP contribution in [0.4, 0.5) is 0 Å². The highest BCUT2D eigenvalue weighted by molar-refractivity contribution is 8.14. The summed E-state index contributed by atoms with van der Waals surface area (Å²) < 4.78 is 12.1. The summed E-state index contributed by atoms with van der Waals surface area (Å²) in [5.74, 6) is -0.248. The monoisotopic (exact) mass is 755 g/mol. The largest absolute Gasteiger partial charge is 0.396 e. The molecule has 9 atom stereocenters. The third-order valence-corrected chi connectivity index (χ3v) is 12.2. The molecule has 0 bridgehead atoms. The van der Waals surface area contributed by atoms with Crippen molar-refractivity contribution in [1.82, 2.24) is 10.2 Å². The minimum Gasteiger partial charge on any atom is -0.396 e. The first-order valence-electron chi connectivity index (χ1n) is 19.5. The topological polar surface area (TPSA) is 135 Å². The minimum atomic E-state index is -0.850. The molecule has 0 spiro atoms. The lowest BCUT2D eigenvalue weighted by atomic mass is 9.84. The zero-order chi connectivity index (χ0) is 39.2. The number of ketones is 3. The fraction of sp³-hybridized carbons (Fsp3) is 0.690. The Morgan fingerprint density at radius 1 is 1.09 bits per heavy atom. The molecule has 2 aliphatic heterocycles. The molecule has 2 aliphatic rings. The lowest BCUT2D eigenvalue weighted by molar-refractivity contribution is -0.140. The first-order valence-corrected chi connectivity index (χ1v) is 20.5. The van der Waals surface area contributed by atoms with Crippen molar-refractivity contribution in [2.45, 2.75) is 110 Å². The molecule has 0 saturated carbocycles. The number of ether oxygens (including phenoxy) is 2. The predicted octanol–water partition coefficient (Wildman–Crippen LogP) is 5.59. The molecule has 10 nitrogen and oxygen atoms in total. The van der Waals surface area contributed by atoms with E-state index >= 15 is 0 Å². The van der Waals surface area contributed by atoms with E-state index in [0.29, 0.717) is 12.8 Å². The second kappa shape index (κ2) is 22.0. The Bertz CT molecular complexity index is 1400. The van der Waals surface area contributed by atoms with Gasteiger partial charge in [-0.15, -0.1) is 11.8 Å². The Kier molecular flexibility index (Phi) is 18.6. The van der Waals surface area contributed by atoms with E-state index in [1.807, 2.05) is 45.9 Å². The molecule has 3 rings (SSSR count). The van der Waals surface area contributed by atoms with Crippen LogP contribution in [-0.2, 0) is 35.1 Å². The summed E-state index contributed by atoms with van der Waals surface area (Å²) in [5, 5.41) is 14.5. The van der Waals surface area contributed by atoms with Gasteiger partial charge in [0.2, 0.25) is 5.91 Å². The van der Waals surface area contributed by atoms with Gasteiger partial charge in [0.15, 0.2) is 17.3 Å². The summed E-state index contributed by atoms with van der Waals surface area (Å²) in [7, 11) is 5.06. The van der Waals surface area contributed by atoms with Crippen LogP contribution in [0.2, 0.25) is 0 Å². The molecule has 296 valence electrons. The smallest absolute Gasteiger partial charge is 0.226 e. The third kappa shape index (κ3) is 12.4. The van der Waals surface area contributed by atoms with Crippen LogP contribution in [0, 0.1) is 35.5 Å². The first kappa shape index (κ1) is 44.7. The van der Waals surface area contributed by atoms with Gasteiger partial charge in [0.05, 0.1) is 35.9 Å². The van der Waals surface area contributed by atoms with Crippen LogP contribution >= 0.6 is 11.8 Å². The van der Waals surface area contributed by atoms with Gasteiger partial charge >= 0.3 is 0 Å². The zero-order valence-corrected chi connectivity index (χ0v) is 34.3. The molecule has 0 aromatic heterocycles. The van der Waals surface area contributed by atoms with Crippen LogP contribution in [0.1, 0.15) is 79.2 Å². The number of amides is 1. The number of likely N-dealkylation sites (N-methyl/N-ethyl adjacent to an activating group) is 2. The summed E-state index contributed by atoms with van der Waals surface area (Å²) in [6.45, 7) is 12.5. The maximum Gasteiger partial charge on any atom is 0.226 e. The molecule has 0 aliphatic carbocycles. The highest BCUT2D eigenvalue weighted by Gasteiger charge is 2.48. The van der Waals surface area contributed by atoms with Crippen molar-refractivity contribution in [2.24, 2.45) is 40.5 Å². The van der Waals surface area contributed by atoms with Crippen molar-refractivity contribution in [3.8, 4) is 0 Å². The average molecular weight is 756 g/mol. The number of Topliss-reactive ketones (excluding diaryl/α,β-unsaturated/α-hetero) is 2. The van der Waals surface area contributed by atoms with Gasteiger partial charge in [-0.05, 0) is 49.3 Å². The molecular formula is C42H65N3O7S. The van der Waals surface area contributed by atoms with Crippen molar-refractivity contribution in [1.29, 1.82) is 0 Å². The van der Waals surface area contributed by atoms with Crippen LogP contribution < -0.4 is 5.32 Å². The van der Waals surface area contributed by atoms with Gasteiger partial charge in [0.1, 0.15) is 6.10 Å². The maximum atomic E-state index is 13.9. The van der Waals surface area contributed by atoms with Crippen molar-refractivity contribution < 1.29 is 33.8 Å². The second-order valence-corrected chi connectivity index (χ2v) is 16.6. The number of hydrogen-bond donors (Lipinski definition) is 2. The Hall–Kier alpha value is -2.70. The number of benzene rings is 1. The first-order chi connectivity index (χ1) is 25.3. The number of allylic oxidation sites excluding steroid dienone is 1. The van der Waals surface area contributed by atoms with E-state index in [-0.39, 0.29) is 84.9 Å². The van der Waals surface area contributed by atoms with E-state index in [9.17, 15) is 24.3 Å². The molecule has 2 unspecified atom stereocenters. The maximum absolute atomic E-state index is 13.9. The summed E-state index contributed by atoms with van der Waals surface area (Å²) in [4.78, 5) is 60.6. The van der Waals surface area contributed by atoms with Crippen LogP contribution in [0.5, 0.6) is 0 Å². The summed E-state index contributed by atoms with van der Waals surface area (Å²) >= 11 is 1.70. The Labute approximate surface area is 322 Å². The molecule has 1 fully saturated rings. The summed E-state index contributed by atoms with van der Waals surface area (Å²) in [6, 6.07) is 9.43. The van der Waals surface area contributed by atoms with Gasteiger partial charge in [0.25, 0.3) is 0 Å². The number of aliphatic imine (C=N–C) groups is 1. The standard InChI is InChI=1S/C42H65N3O7S/c1-10-28(6)34(45(8)42(50)32(26(2)3)24-35(48)38(43-7)27(4)5)18-16-31(47)17-19-37-33(25-46)39(51-9)40(52-37)36(49)23-30(41-44-20-21-53-41)22-29-14-12-11-13-15-29/h11-16,18,26-28,30,32-34,37-40,43,46H,10,17,19-25H2,1-9H3/b18-16+/t28-,30+,32-,33+,34?,37?,38-,39-,40-/m0/s1. The normalized spacial score (nSPS) is 23.2. The molecule has 1 aromatic rings. The van der Waals surface area contributed by atoms with Crippen LogP contribution in [0.15, 0.2) is 47.5 Å². The van der Waals surface area contributed by atoms with Crippen molar-refractivity contribution in [3.05, 3.63) is 48.0 Å². The SMILES string of the molecule is CC[C@H](C)C(/C=C/C(=O)CCC1O[C@@H](C(=O)C[C@@H](Cc2ccccc2)C2=NCCS2)[C@@H](OC)[C@@H]1CO)N(C)C(=O)[C@@H](CC(=O)[C@@H](NC)C(C)C)C(C)C. The van der Waals surface area contributed by atoms with Crippen molar-refractivity contribution in [3.63, 3.8) is 0 Å². The molecule has 2 heterocycles. The molecule has 1 aromatic carbocycles. The van der Waals surface area contributed by atoms with Gasteiger partial charge in [0, 0.05) is 63.5 Å². The minimum absolute atomic E-state index is 0.0259. The van der Waals surface area contributed by atoms with Crippen LogP contribution in [0.25, 0.3) is 0 Å². The van der Waals surface area contributed by atoms with E-state index in [4.69, 9.17) is 9.47 Å². The second-order valence-electron chi connectivity index (χ2n) is 15.5. The van der Waals surface area contributed by atoms with Crippen molar-refractivity contribution in [2.75, 3.05) is 40.1 Å². The third-order valence-electron chi connectivity index (χ3n) is 11.1. The van der Waals surface area contributed by atoms with E-state index in [1.54, 1.807) is 42.9 Å². The number of thioether (sulfide) groups is 1. The number of hydrogen-bond acceptors (Lipinski definition) is 10. The fourth-order valence-corrected chi connectivity index (χ4v) is 8.69. The molecule has 11 heteroatoms. The van der Waals surface area contributed by atoms with Crippen LogP contribution in [0.3, 0.4) is 0 Å². The van der Waals surface area contributed by atoms with Gasteiger partial charge in [-0.2, -0.15) is 0 Å². The van der Waals surface area contributed by atoms with Gasteiger partial charge in [-0.3, -0.25) is 24.2 Å². The number of nitrogens with zero attached hydrogens (tertiary/aromatic N) is 2. The highest BCUT2D eigenvalue weighted by atomic mass is 32.2. The number of aliphatic hydroxyl groups excluding tert-OH is 1. The van der Waals surface area contributed by atoms with Crippen LogP contribution in [-0.4, -0.2) is 109 Å². The summed E-state index contributed by atoms with van der Waals surface area (Å²) in [5.41, 5.74) is 1.14. The Morgan fingerprint density at radius 3 is 2.34 bits per heavy atom. The Morgan fingerprint density at radius 2 is 1.79 bits per heavy atom. The lowest BCUT2D eigenvalue weighted by Gasteiger charge is -2.34. The quantitative estimate of drug-likeness (QED) is 0.137. The van der Waals surface area contributed by atoms with E-state index in [0.717, 1.165) is 29.3 Å². The molecular weight excluding hydrogens is 691 g/mol. The van der Waals surface area contributed by atoms with Gasteiger partial charge < -0.3 is 24.8 Å². The number of aliphatic hydroxyl groups is 1. The molecule has 1 saturated heterocycles. The predicted molar refractivity (Wildman–Crippen MR) is 213 cm³/mol. The molecule has 0 radical (unpaired) electrons. The van der Waals surface area contributed by atoms with Gasteiger partial charge in [-0.25, -0.2) is 0 Å². The molecule has 2 N–H and O–H groups in total. The van der Waals surface area contributed by atoms with E-state index in [2.05, 4.69) is 36.3 Å². The lowest BCUT2D eigenvalue weighted by Crippen LogP contribution is -2.46. The van der Waals surface area contributed by atoms with E-state index in [1.165, 1.54) is 7.11 Å². The van der Waals surface area contributed by atoms with Gasteiger partial charge in [-0.1, -0.05) is 84.4 Å². The molecule has 53 heavy (non-hydrogen) atoms. The zero-order valence-electron chi connectivity index (χ0n) is 33.5. The number of nitrogens with one attached hydrogen (secondary N) is 1. The fourth-order valence-electron chi connectivity index (χ4n) is 7.71. The van der Waals surface area contributed by atoms with E-state index < -0.39 is 30.1 Å². The summed E-state index contributed by atoms with van der Waals surface area (Å²) in [6.07, 6.45) is 3.69. The average Bonchev–Trinajstić information content (AvgIpc) is 3.81. The number of carbonyl (C=O) groups is 4. The Balaban J connectivity index is 1.68. The van der Waals surface area contributed by atoms with Crippen molar-refractivity contribution >= 4 is 40.1 Å². The number of methoxy groups -OCH3 is 1. The highest BCUT2D eigenvalue weighted by Crippen LogP contribution is 2.35. The molecule has 1 amide bonds. The number of carbonyl (C=O) groups excluding carboxylic acids is 4.